The maximum atomic E-state index is 5.57. The zero-order valence-corrected chi connectivity index (χ0v) is 9.09. The van der Waals surface area contributed by atoms with Crippen molar-refractivity contribution in [1.29, 1.82) is 0 Å². The van der Waals surface area contributed by atoms with Crippen molar-refractivity contribution in [2.24, 2.45) is 0 Å². The lowest BCUT2D eigenvalue weighted by molar-refractivity contribution is 0.338. The van der Waals surface area contributed by atoms with Gasteiger partial charge < -0.3 is 9.47 Å². The summed E-state index contributed by atoms with van der Waals surface area (Å²) in [5.74, 6) is 2.11. The molecule has 82 valence electrons. The molecule has 0 radical (unpaired) electrons. The van der Waals surface area contributed by atoms with Gasteiger partial charge in [-0.2, -0.15) is 0 Å². The minimum absolute atomic E-state index is 0.580. The van der Waals surface area contributed by atoms with Crippen LogP contribution in [0.1, 0.15) is 6.92 Å². The second kappa shape index (κ2) is 5.16. The standard InChI is InChI=1S/C13H13NO2/c1-2-15-11-6-5-7-12(10-11)16-13-8-3-4-9-14-13/h3-10H,2H2,1H3. The summed E-state index contributed by atoms with van der Waals surface area (Å²) < 4.78 is 11.0. The molecule has 0 aliphatic carbocycles. The van der Waals surface area contributed by atoms with Crippen LogP contribution < -0.4 is 9.47 Å². The van der Waals surface area contributed by atoms with Gasteiger partial charge in [0.25, 0.3) is 0 Å². The number of aromatic nitrogens is 1. The molecule has 0 aliphatic heterocycles. The SMILES string of the molecule is CCOc1cccc(Oc2ccccn2)c1. The molecule has 0 fully saturated rings. The highest BCUT2D eigenvalue weighted by molar-refractivity contribution is 5.35. The Morgan fingerprint density at radius 1 is 1.06 bits per heavy atom. The number of ether oxygens (including phenoxy) is 2. The van der Waals surface area contributed by atoms with Gasteiger partial charge in [-0.15, -0.1) is 0 Å². The highest BCUT2D eigenvalue weighted by Gasteiger charge is 1.99. The molecule has 1 heterocycles. The van der Waals surface area contributed by atoms with Crippen LogP contribution in [0, 0.1) is 0 Å². The molecule has 0 amide bonds. The van der Waals surface area contributed by atoms with Gasteiger partial charge in [0.1, 0.15) is 11.5 Å². The van der Waals surface area contributed by atoms with Crippen LogP contribution in [0.4, 0.5) is 0 Å². The summed E-state index contributed by atoms with van der Waals surface area (Å²) >= 11 is 0. The van der Waals surface area contributed by atoms with E-state index in [9.17, 15) is 0 Å². The molecule has 0 atom stereocenters. The van der Waals surface area contributed by atoms with Crippen LogP contribution in [0.15, 0.2) is 48.7 Å². The van der Waals surface area contributed by atoms with Gasteiger partial charge in [0.05, 0.1) is 6.61 Å². The highest BCUT2D eigenvalue weighted by Crippen LogP contribution is 2.23. The molecule has 3 nitrogen and oxygen atoms in total. The third kappa shape index (κ3) is 2.73. The van der Waals surface area contributed by atoms with Crippen LogP contribution in [0.3, 0.4) is 0 Å². The summed E-state index contributed by atoms with van der Waals surface area (Å²) in [5, 5.41) is 0. The molecule has 16 heavy (non-hydrogen) atoms. The normalized spacial score (nSPS) is 9.81. The maximum absolute atomic E-state index is 5.57. The minimum atomic E-state index is 0.580. The molecule has 0 unspecified atom stereocenters. The average Bonchev–Trinajstić information content (AvgIpc) is 2.31. The zero-order valence-electron chi connectivity index (χ0n) is 9.09. The first-order chi connectivity index (χ1) is 7.88. The fourth-order valence-corrected chi connectivity index (χ4v) is 1.32. The van der Waals surface area contributed by atoms with Crippen molar-refractivity contribution >= 4 is 0 Å². The van der Waals surface area contributed by atoms with Crippen molar-refractivity contribution in [2.75, 3.05) is 6.61 Å². The topological polar surface area (TPSA) is 31.4 Å². The molecule has 2 rings (SSSR count). The number of benzene rings is 1. The minimum Gasteiger partial charge on any atom is -0.494 e. The van der Waals surface area contributed by atoms with E-state index in [0.29, 0.717) is 12.5 Å². The largest absolute Gasteiger partial charge is 0.494 e. The van der Waals surface area contributed by atoms with Gasteiger partial charge in [-0.05, 0) is 25.1 Å². The Morgan fingerprint density at radius 2 is 1.94 bits per heavy atom. The van der Waals surface area contributed by atoms with E-state index in [1.807, 2.05) is 49.4 Å². The second-order valence-corrected chi connectivity index (χ2v) is 3.18. The molecule has 2 aromatic rings. The summed E-state index contributed by atoms with van der Waals surface area (Å²) in [6, 6.07) is 13.1. The quantitative estimate of drug-likeness (QED) is 0.784. The Balaban J connectivity index is 2.12. The van der Waals surface area contributed by atoms with Crippen molar-refractivity contribution in [1.82, 2.24) is 4.98 Å². The van der Waals surface area contributed by atoms with Crippen LogP contribution in [0.25, 0.3) is 0 Å². The lowest BCUT2D eigenvalue weighted by atomic mass is 10.3. The van der Waals surface area contributed by atoms with Gasteiger partial charge in [0.15, 0.2) is 0 Å². The number of pyridine rings is 1. The Morgan fingerprint density at radius 3 is 2.69 bits per heavy atom. The van der Waals surface area contributed by atoms with Crippen LogP contribution in [0.2, 0.25) is 0 Å². The van der Waals surface area contributed by atoms with E-state index < -0.39 is 0 Å². The van der Waals surface area contributed by atoms with E-state index in [1.165, 1.54) is 0 Å². The molecule has 0 saturated carbocycles. The number of rotatable bonds is 4. The first-order valence-corrected chi connectivity index (χ1v) is 5.20. The van der Waals surface area contributed by atoms with Gasteiger partial charge in [0.2, 0.25) is 5.88 Å². The monoisotopic (exact) mass is 215 g/mol. The molecule has 3 heteroatoms. The molecule has 0 N–H and O–H groups in total. The van der Waals surface area contributed by atoms with Crippen LogP contribution in [0.5, 0.6) is 17.4 Å². The van der Waals surface area contributed by atoms with E-state index in [1.54, 1.807) is 6.20 Å². The van der Waals surface area contributed by atoms with Crippen molar-refractivity contribution in [2.45, 2.75) is 6.92 Å². The number of nitrogens with zero attached hydrogens (tertiary/aromatic N) is 1. The lowest BCUT2D eigenvalue weighted by Gasteiger charge is -2.06. The fourth-order valence-electron chi connectivity index (χ4n) is 1.32. The van der Waals surface area contributed by atoms with E-state index in [4.69, 9.17) is 9.47 Å². The van der Waals surface area contributed by atoms with Crippen LogP contribution >= 0.6 is 0 Å². The van der Waals surface area contributed by atoms with E-state index in [0.717, 1.165) is 11.5 Å². The van der Waals surface area contributed by atoms with Crippen LogP contribution in [-0.4, -0.2) is 11.6 Å². The first kappa shape index (κ1) is 10.5. The third-order valence-corrected chi connectivity index (χ3v) is 1.98. The Labute approximate surface area is 94.7 Å². The van der Waals surface area contributed by atoms with Crippen molar-refractivity contribution in [3.05, 3.63) is 48.7 Å². The number of hydrogen-bond acceptors (Lipinski definition) is 3. The first-order valence-electron chi connectivity index (χ1n) is 5.20. The summed E-state index contributed by atoms with van der Waals surface area (Å²) in [4.78, 5) is 4.09. The maximum Gasteiger partial charge on any atom is 0.219 e. The highest BCUT2D eigenvalue weighted by atomic mass is 16.5. The molecule has 0 saturated heterocycles. The zero-order chi connectivity index (χ0) is 11.2. The van der Waals surface area contributed by atoms with E-state index >= 15 is 0 Å². The predicted octanol–water partition coefficient (Wildman–Crippen LogP) is 3.27. The van der Waals surface area contributed by atoms with E-state index in [-0.39, 0.29) is 0 Å². The lowest BCUT2D eigenvalue weighted by Crippen LogP contribution is -1.92. The summed E-state index contributed by atoms with van der Waals surface area (Å²) in [7, 11) is 0. The molecule has 0 aliphatic rings. The van der Waals surface area contributed by atoms with Gasteiger partial charge in [-0.25, -0.2) is 4.98 Å². The average molecular weight is 215 g/mol. The predicted molar refractivity (Wildman–Crippen MR) is 61.9 cm³/mol. The molecule has 0 bridgehead atoms. The Kier molecular flexibility index (Phi) is 3.38. The van der Waals surface area contributed by atoms with Crippen LogP contribution in [-0.2, 0) is 0 Å². The van der Waals surface area contributed by atoms with Gasteiger partial charge in [-0.3, -0.25) is 0 Å². The van der Waals surface area contributed by atoms with Gasteiger partial charge in [0, 0.05) is 18.3 Å². The van der Waals surface area contributed by atoms with Gasteiger partial charge in [-0.1, -0.05) is 12.1 Å². The molecule has 1 aromatic heterocycles. The molecular weight excluding hydrogens is 202 g/mol. The molecule has 1 aromatic carbocycles. The van der Waals surface area contributed by atoms with Crippen molar-refractivity contribution < 1.29 is 9.47 Å². The van der Waals surface area contributed by atoms with E-state index in [2.05, 4.69) is 4.98 Å². The second-order valence-electron chi connectivity index (χ2n) is 3.18. The van der Waals surface area contributed by atoms with Crippen molar-refractivity contribution in [3.8, 4) is 17.4 Å². The third-order valence-electron chi connectivity index (χ3n) is 1.98. The molecule has 0 spiro atoms. The Hall–Kier alpha value is -2.03. The smallest absolute Gasteiger partial charge is 0.219 e. The fraction of sp³-hybridized carbons (Fsp3) is 0.154. The number of hydrogen-bond donors (Lipinski definition) is 0. The Bertz CT molecular complexity index is 443. The summed E-state index contributed by atoms with van der Waals surface area (Å²) in [6.45, 7) is 2.60. The summed E-state index contributed by atoms with van der Waals surface area (Å²) in [5.41, 5.74) is 0. The van der Waals surface area contributed by atoms with Gasteiger partial charge >= 0.3 is 0 Å². The summed E-state index contributed by atoms with van der Waals surface area (Å²) in [6.07, 6.45) is 1.70. The molecular formula is C13H13NO2. The van der Waals surface area contributed by atoms with Crippen molar-refractivity contribution in [3.63, 3.8) is 0 Å².